The van der Waals surface area contributed by atoms with E-state index in [1.54, 1.807) is 4.90 Å². The molecule has 0 aliphatic carbocycles. The van der Waals surface area contributed by atoms with E-state index in [-0.39, 0.29) is 35.7 Å². The summed E-state index contributed by atoms with van der Waals surface area (Å²) in [5.74, 6) is -0.665. The van der Waals surface area contributed by atoms with E-state index in [2.05, 4.69) is 0 Å². The second-order valence-corrected chi connectivity index (χ2v) is 9.61. The predicted molar refractivity (Wildman–Crippen MR) is 107 cm³/mol. The van der Waals surface area contributed by atoms with Crippen LogP contribution in [0.1, 0.15) is 24.0 Å². The minimum Gasteiger partial charge on any atom is -0.444 e. The van der Waals surface area contributed by atoms with E-state index in [0.29, 0.717) is 12.8 Å². The zero-order chi connectivity index (χ0) is 20.8. The van der Waals surface area contributed by atoms with Crippen molar-refractivity contribution in [1.82, 2.24) is 4.31 Å². The number of ether oxygens (including phenoxy) is 1. The van der Waals surface area contributed by atoms with Gasteiger partial charge < -0.3 is 4.74 Å². The molecule has 9 heteroatoms. The van der Waals surface area contributed by atoms with Gasteiger partial charge in [0.15, 0.2) is 0 Å². The summed E-state index contributed by atoms with van der Waals surface area (Å²) in [7, 11) is -3.79. The SMILES string of the molecule is Cc1ccc2c(c1)COC(=O)N2C1CCN(S(=O)(=O)c2ccc(F)c(Cl)c2)CC1. The Morgan fingerprint density at radius 2 is 1.86 bits per heavy atom. The van der Waals surface area contributed by atoms with Crippen LogP contribution in [0.2, 0.25) is 5.02 Å². The van der Waals surface area contributed by atoms with Gasteiger partial charge in [-0.2, -0.15) is 4.31 Å². The first kappa shape index (κ1) is 20.1. The lowest BCUT2D eigenvalue weighted by Crippen LogP contribution is -2.50. The van der Waals surface area contributed by atoms with Crippen molar-refractivity contribution in [2.24, 2.45) is 0 Å². The van der Waals surface area contributed by atoms with Gasteiger partial charge in [0.2, 0.25) is 10.0 Å². The lowest BCUT2D eigenvalue weighted by atomic mass is 10.0. The van der Waals surface area contributed by atoms with Gasteiger partial charge in [0, 0.05) is 24.7 Å². The van der Waals surface area contributed by atoms with Crippen LogP contribution in [0.4, 0.5) is 14.9 Å². The number of anilines is 1. The molecule has 2 aliphatic heterocycles. The van der Waals surface area contributed by atoms with Crippen molar-refractivity contribution < 1.29 is 22.3 Å². The Morgan fingerprint density at radius 1 is 1.14 bits per heavy atom. The predicted octanol–water partition coefficient (Wildman–Crippen LogP) is 4.10. The number of rotatable bonds is 3. The second-order valence-electron chi connectivity index (χ2n) is 7.27. The van der Waals surface area contributed by atoms with Gasteiger partial charge in [-0.25, -0.2) is 17.6 Å². The van der Waals surface area contributed by atoms with Crippen molar-refractivity contribution in [3.8, 4) is 0 Å². The highest BCUT2D eigenvalue weighted by atomic mass is 35.5. The van der Waals surface area contributed by atoms with Gasteiger partial charge in [0.1, 0.15) is 12.4 Å². The molecule has 4 rings (SSSR count). The third-order valence-electron chi connectivity index (χ3n) is 5.36. The number of aryl methyl sites for hydroxylation is 1. The van der Waals surface area contributed by atoms with Gasteiger partial charge in [0.25, 0.3) is 0 Å². The van der Waals surface area contributed by atoms with Gasteiger partial charge in [-0.15, -0.1) is 0 Å². The van der Waals surface area contributed by atoms with E-state index in [9.17, 15) is 17.6 Å². The summed E-state index contributed by atoms with van der Waals surface area (Å²) in [4.78, 5) is 14.0. The van der Waals surface area contributed by atoms with E-state index in [0.717, 1.165) is 28.9 Å². The molecule has 1 saturated heterocycles. The Hall–Kier alpha value is -2.16. The molecule has 2 aliphatic rings. The van der Waals surface area contributed by atoms with Gasteiger partial charge in [-0.05, 0) is 44.0 Å². The Kier molecular flexibility index (Phi) is 5.27. The van der Waals surface area contributed by atoms with Crippen LogP contribution in [0.15, 0.2) is 41.3 Å². The normalized spacial score (nSPS) is 18.4. The number of hydrogen-bond donors (Lipinski definition) is 0. The van der Waals surface area contributed by atoms with Crippen molar-refractivity contribution in [2.45, 2.75) is 37.3 Å². The molecule has 154 valence electrons. The quantitative estimate of drug-likeness (QED) is 0.723. The van der Waals surface area contributed by atoms with Crippen molar-refractivity contribution in [2.75, 3.05) is 18.0 Å². The van der Waals surface area contributed by atoms with Crippen LogP contribution in [-0.4, -0.2) is 37.9 Å². The average molecular weight is 439 g/mol. The summed E-state index contributed by atoms with van der Waals surface area (Å²) >= 11 is 5.74. The molecule has 1 fully saturated rings. The molecule has 0 aromatic heterocycles. The molecule has 29 heavy (non-hydrogen) atoms. The van der Waals surface area contributed by atoms with E-state index in [1.807, 2.05) is 25.1 Å². The van der Waals surface area contributed by atoms with Gasteiger partial charge >= 0.3 is 6.09 Å². The maximum absolute atomic E-state index is 13.4. The molecule has 2 aromatic carbocycles. The minimum absolute atomic E-state index is 0.0412. The largest absolute Gasteiger partial charge is 0.444 e. The molecule has 0 saturated carbocycles. The van der Waals surface area contributed by atoms with Crippen LogP contribution in [0, 0.1) is 12.7 Å². The molecule has 0 atom stereocenters. The molecule has 0 unspecified atom stereocenters. The zero-order valence-corrected chi connectivity index (χ0v) is 17.3. The molecule has 6 nitrogen and oxygen atoms in total. The number of carbonyl (C=O) groups excluding carboxylic acids is 1. The summed E-state index contributed by atoms with van der Waals surface area (Å²) in [5, 5.41) is -0.232. The maximum Gasteiger partial charge on any atom is 0.414 e. The smallest absolute Gasteiger partial charge is 0.414 e. The van der Waals surface area contributed by atoms with E-state index in [4.69, 9.17) is 16.3 Å². The molecule has 0 N–H and O–H groups in total. The summed E-state index contributed by atoms with van der Waals surface area (Å²) in [6, 6.07) is 9.07. The van der Waals surface area contributed by atoms with Crippen LogP contribution in [0.5, 0.6) is 0 Å². The molecule has 0 bridgehead atoms. The van der Waals surface area contributed by atoms with Crippen molar-refractivity contribution in [3.05, 3.63) is 58.4 Å². The number of fused-ring (bicyclic) bond motifs is 1. The van der Waals surface area contributed by atoms with Gasteiger partial charge in [0.05, 0.1) is 15.6 Å². The van der Waals surface area contributed by atoms with Gasteiger partial charge in [-0.1, -0.05) is 29.3 Å². The van der Waals surface area contributed by atoms with Crippen LogP contribution in [-0.2, 0) is 21.4 Å². The maximum atomic E-state index is 13.4. The Balaban J connectivity index is 1.52. The van der Waals surface area contributed by atoms with Crippen molar-refractivity contribution in [3.63, 3.8) is 0 Å². The van der Waals surface area contributed by atoms with Crippen LogP contribution in [0.25, 0.3) is 0 Å². The first-order chi connectivity index (χ1) is 13.8. The summed E-state index contributed by atoms with van der Waals surface area (Å²) in [6.07, 6.45) is 0.528. The second kappa shape index (κ2) is 7.59. The third-order valence-corrected chi connectivity index (χ3v) is 7.54. The van der Waals surface area contributed by atoms with E-state index in [1.165, 1.54) is 10.4 Å². The minimum atomic E-state index is -3.79. The van der Waals surface area contributed by atoms with Crippen molar-refractivity contribution >= 4 is 33.4 Å². The Morgan fingerprint density at radius 3 is 2.55 bits per heavy atom. The fourth-order valence-corrected chi connectivity index (χ4v) is 5.59. The number of nitrogens with zero attached hydrogens (tertiary/aromatic N) is 2. The molecule has 0 radical (unpaired) electrons. The summed E-state index contributed by atoms with van der Waals surface area (Å²) in [6.45, 7) is 2.71. The summed E-state index contributed by atoms with van der Waals surface area (Å²) < 4.78 is 45.8. The third kappa shape index (κ3) is 3.72. The monoisotopic (exact) mass is 438 g/mol. The molecular formula is C20H20ClFN2O4S. The summed E-state index contributed by atoms with van der Waals surface area (Å²) in [5.41, 5.74) is 2.85. The molecule has 2 aromatic rings. The van der Waals surface area contributed by atoms with Gasteiger partial charge in [-0.3, -0.25) is 4.90 Å². The lowest BCUT2D eigenvalue weighted by molar-refractivity contribution is 0.135. The first-order valence-electron chi connectivity index (χ1n) is 9.28. The number of piperidine rings is 1. The Labute approximate surface area is 173 Å². The number of benzene rings is 2. The van der Waals surface area contributed by atoms with E-state index < -0.39 is 21.9 Å². The highest BCUT2D eigenvalue weighted by Crippen LogP contribution is 2.33. The lowest BCUT2D eigenvalue weighted by Gasteiger charge is -2.39. The van der Waals surface area contributed by atoms with E-state index >= 15 is 0 Å². The Bertz CT molecular complexity index is 1070. The van der Waals surface area contributed by atoms with Crippen LogP contribution in [0.3, 0.4) is 0 Å². The number of hydrogen-bond acceptors (Lipinski definition) is 4. The molecule has 1 amide bonds. The number of halogens is 2. The number of carbonyl (C=O) groups is 1. The molecule has 0 spiro atoms. The van der Waals surface area contributed by atoms with Crippen LogP contribution < -0.4 is 4.90 Å². The highest BCUT2D eigenvalue weighted by Gasteiger charge is 2.37. The zero-order valence-electron chi connectivity index (χ0n) is 15.8. The molecule has 2 heterocycles. The number of cyclic esters (lactones) is 1. The fourth-order valence-electron chi connectivity index (χ4n) is 3.85. The fraction of sp³-hybridized carbons (Fsp3) is 0.350. The number of amides is 1. The van der Waals surface area contributed by atoms with Crippen molar-refractivity contribution in [1.29, 1.82) is 0 Å². The number of sulfonamides is 1. The standard InChI is InChI=1S/C20H20ClFN2O4S/c1-13-2-5-19-14(10-13)12-28-20(25)24(19)15-6-8-23(9-7-15)29(26,27)16-3-4-18(22)17(21)11-16/h2-5,10-11,15H,6-9,12H2,1H3. The topological polar surface area (TPSA) is 66.9 Å². The highest BCUT2D eigenvalue weighted by molar-refractivity contribution is 7.89. The average Bonchev–Trinajstić information content (AvgIpc) is 2.70. The first-order valence-corrected chi connectivity index (χ1v) is 11.1. The molecular weight excluding hydrogens is 419 g/mol. The van der Waals surface area contributed by atoms with Crippen LogP contribution >= 0.6 is 11.6 Å².